The van der Waals surface area contributed by atoms with Crippen LogP contribution in [0.2, 0.25) is 0 Å². The summed E-state index contributed by atoms with van der Waals surface area (Å²) in [5.74, 6) is -4.46. The van der Waals surface area contributed by atoms with Crippen molar-refractivity contribution >= 4 is 11.9 Å². The smallest absolute Gasteiger partial charge is 0.346 e. The molecule has 2 aromatic heterocycles. The predicted molar refractivity (Wildman–Crippen MR) is 88.3 cm³/mol. The van der Waals surface area contributed by atoms with Gasteiger partial charge in [0.2, 0.25) is 5.95 Å². The van der Waals surface area contributed by atoms with Crippen LogP contribution in [0, 0.1) is 6.92 Å². The number of anilines is 1. The second-order valence-electron chi connectivity index (χ2n) is 6.05. The topological polar surface area (TPSA) is 71.0 Å². The number of piperidine rings is 1. The maximum atomic E-state index is 14.5. The molecular weight excluding hydrogens is 328 g/mol. The van der Waals surface area contributed by atoms with Crippen molar-refractivity contribution < 1.29 is 13.6 Å². The molecule has 1 N–H and O–H groups in total. The molecule has 1 amide bonds. The highest BCUT2D eigenvalue weighted by molar-refractivity contribution is 5.85. The number of carbonyl (C=O) groups excluding carboxylic acids is 1. The van der Waals surface area contributed by atoms with E-state index >= 15 is 0 Å². The molecule has 3 rings (SSSR count). The zero-order chi connectivity index (χ0) is 17.9. The SMILES string of the molecule is Cc1cccnc1C(F)(F)C(=O)N[C@@H]1CCCN(c2ncccn2)C1. The van der Waals surface area contributed by atoms with Gasteiger partial charge < -0.3 is 10.2 Å². The van der Waals surface area contributed by atoms with Crippen LogP contribution in [0.4, 0.5) is 14.7 Å². The van der Waals surface area contributed by atoms with Crippen molar-refractivity contribution in [2.75, 3.05) is 18.0 Å². The number of halogens is 2. The fraction of sp³-hybridized carbons (Fsp3) is 0.412. The molecule has 1 saturated heterocycles. The van der Waals surface area contributed by atoms with E-state index in [0.717, 1.165) is 13.0 Å². The largest absolute Gasteiger partial charge is 0.366 e. The second kappa shape index (κ2) is 7.08. The fourth-order valence-corrected chi connectivity index (χ4v) is 2.93. The summed E-state index contributed by atoms with van der Waals surface area (Å²) >= 11 is 0. The standard InChI is InChI=1S/C17H19F2N5O/c1-12-5-2-7-20-14(12)17(18,19)15(25)23-13-6-3-10-24(11-13)16-21-8-4-9-22-16/h2,4-5,7-9,13H,3,6,10-11H2,1H3,(H,23,25)/t13-/m1/s1. The Kier molecular flexibility index (Phi) is 4.87. The highest BCUT2D eigenvalue weighted by atomic mass is 19.3. The Balaban J connectivity index is 1.69. The zero-order valence-corrected chi connectivity index (χ0v) is 13.8. The molecule has 0 bridgehead atoms. The van der Waals surface area contributed by atoms with Gasteiger partial charge in [0.25, 0.3) is 5.91 Å². The van der Waals surface area contributed by atoms with Crippen LogP contribution in [0.5, 0.6) is 0 Å². The van der Waals surface area contributed by atoms with Crippen LogP contribution in [0.3, 0.4) is 0 Å². The van der Waals surface area contributed by atoms with E-state index in [4.69, 9.17) is 0 Å². The van der Waals surface area contributed by atoms with Crippen molar-refractivity contribution in [3.05, 3.63) is 48.0 Å². The van der Waals surface area contributed by atoms with Crippen LogP contribution < -0.4 is 10.2 Å². The molecule has 0 radical (unpaired) electrons. The average molecular weight is 347 g/mol. The van der Waals surface area contributed by atoms with E-state index < -0.39 is 17.5 Å². The fourth-order valence-electron chi connectivity index (χ4n) is 2.93. The average Bonchev–Trinajstić information content (AvgIpc) is 2.63. The van der Waals surface area contributed by atoms with E-state index in [-0.39, 0.29) is 11.6 Å². The highest BCUT2D eigenvalue weighted by Crippen LogP contribution is 2.29. The number of aromatic nitrogens is 3. The summed E-state index contributed by atoms with van der Waals surface area (Å²) in [6.07, 6.45) is 5.91. The van der Waals surface area contributed by atoms with Gasteiger partial charge in [-0.15, -0.1) is 0 Å². The van der Waals surface area contributed by atoms with Crippen molar-refractivity contribution in [2.24, 2.45) is 0 Å². The molecule has 1 aliphatic heterocycles. The predicted octanol–water partition coefficient (Wildman–Crippen LogP) is 2.06. The Labute approximate surface area is 144 Å². The van der Waals surface area contributed by atoms with Gasteiger partial charge in [-0.25, -0.2) is 9.97 Å². The van der Waals surface area contributed by atoms with Gasteiger partial charge in [0.1, 0.15) is 5.69 Å². The van der Waals surface area contributed by atoms with Crippen molar-refractivity contribution in [1.29, 1.82) is 0 Å². The van der Waals surface area contributed by atoms with Gasteiger partial charge in [-0.3, -0.25) is 9.78 Å². The minimum Gasteiger partial charge on any atom is -0.346 e. The van der Waals surface area contributed by atoms with Crippen LogP contribution in [-0.4, -0.2) is 40.0 Å². The lowest BCUT2D eigenvalue weighted by atomic mass is 10.0. The van der Waals surface area contributed by atoms with E-state index in [1.54, 1.807) is 24.5 Å². The number of carbonyl (C=O) groups is 1. The molecular formula is C17H19F2N5O. The molecule has 25 heavy (non-hydrogen) atoms. The first-order valence-electron chi connectivity index (χ1n) is 8.11. The number of nitrogens with one attached hydrogen (secondary N) is 1. The molecule has 0 aliphatic carbocycles. The molecule has 3 heterocycles. The van der Waals surface area contributed by atoms with E-state index in [9.17, 15) is 13.6 Å². The Morgan fingerprint density at radius 3 is 2.68 bits per heavy atom. The first-order chi connectivity index (χ1) is 12.0. The molecule has 1 aliphatic rings. The van der Waals surface area contributed by atoms with Crippen molar-refractivity contribution in [2.45, 2.75) is 31.7 Å². The van der Waals surface area contributed by atoms with Crippen LogP contribution in [0.25, 0.3) is 0 Å². The van der Waals surface area contributed by atoms with Gasteiger partial charge >= 0.3 is 5.92 Å². The summed E-state index contributed by atoms with van der Waals surface area (Å²) in [5, 5.41) is 2.46. The number of hydrogen-bond acceptors (Lipinski definition) is 5. The minimum absolute atomic E-state index is 0.283. The van der Waals surface area contributed by atoms with E-state index in [2.05, 4.69) is 20.3 Å². The summed E-state index contributed by atoms with van der Waals surface area (Å²) in [7, 11) is 0. The van der Waals surface area contributed by atoms with Crippen molar-refractivity contribution in [1.82, 2.24) is 20.3 Å². The Morgan fingerprint density at radius 1 is 1.24 bits per heavy atom. The summed E-state index contributed by atoms with van der Waals surface area (Å²) < 4.78 is 28.9. The quantitative estimate of drug-likeness (QED) is 0.917. The van der Waals surface area contributed by atoms with Crippen LogP contribution in [0.1, 0.15) is 24.1 Å². The summed E-state index contributed by atoms with van der Waals surface area (Å²) in [5.41, 5.74) is -0.225. The molecule has 2 aromatic rings. The van der Waals surface area contributed by atoms with Crippen LogP contribution in [0.15, 0.2) is 36.8 Å². The number of alkyl halides is 2. The minimum atomic E-state index is -3.67. The van der Waals surface area contributed by atoms with Gasteiger partial charge in [0.15, 0.2) is 0 Å². The number of pyridine rings is 1. The number of nitrogens with zero attached hydrogens (tertiary/aromatic N) is 4. The lowest BCUT2D eigenvalue weighted by Gasteiger charge is -2.33. The molecule has 0 aromatic carbocycles. The zero-order valence-electron chi connectivity index (χ0n) is 13.8. The van der Waals surface area contributed by atoms with E-state index in [1.165, 1.54) is 19.2 Å². The third kappa shape index (κ3) is 3.72. The molecule has 132 valence electrons. The maximum Gasteiger partial charge on any atom is 0.366 e. The van der Waals surface area contributed by atoms with Crippen LogP contribution in [-0.2, 0) is 10.7 Å². The van der Waals surface area contributed by atoms with Crippen LogP contribution >= 0.6 is 0 Å². The first-order valence-corrected chi connectivity index (χ1v) is 8.11. The number of rotatable bonds is 4. The molecule has 0 unspecified atom stereocenters. The molecule has 8 heteroatoms. The Bertz CT molecular complexity index is 741. The van der Waals surface area contributed by atoms with E-state index in [0.29, 0.717) is 18.9 Å². The summed E-state index contributed by atoms with van der Waals surface area (Å²) in [6, 6.07) is 4.40. The molecule has 0 spiro atoms. The third-order valence-corrected chi connectivity index (χ3v) is 4.18. The summed E-state index contributed by atoms with van der Waals surface area (Å²) in [6.45, 7) is 2.64. The molecule has 1 fully saturated rings. The van der Waals surface area contributed by atoms with Crippen molar-refractivity contribution in [3.63, 3.8) is 0 Å². The number of aryl methyl sites for hydroxylation is 1. The van der Waals surface area contributed by atoms with Crippen molar-refractivity contribution in [3.8, 4) is 0 Å². The van der Waals surface area contributed by atoms with Gasteiger partial charge in [-0.1, -0.05) is 6.07 Å². The third-order valence-electron chi connectivity index (χ3n) is 4.18. The second-order valence-corrected chi connectivity index (χ2v) is 6.05. The molecule has 1 atom stereocenters. The molecule has 0 saturated carbocycles. The number of hydrogen-bond donors (Lipinski definition) is 1. The monoisotopic (exact) mass is 347 g/mol. The van der Waals surface area contributed by atoms with Gasteiger partial charge in [0, 0.05) is 37.7 Å². The lowest BCUT2D eigenvalue weighted by molar-refractivity contribution is -0.148. The Morgan fingerprint density at radius 2 is 1.96 bits per heavy atom. The van der Waals surface area contributed by atoms with Gasteiger partial charge in [-0.05, 0) is 37.5 Å². The maximum absolute atomic E-state index is 14.5. The van der Waals surface area contributed by atoms with Gasteiger partial charge in [-0.2, -0.15) is 8.78 Å². The molecule has 6 nitrogen and oxygen atoms in total. The highest BCUT2D eigenvalue weighted by Gasteiger charge is 2.44. The van der Waals surface area contributed by atoms with E-state index in [1.807, 2.05) is 4.90 Å². The van der Waals surface area contributed by atoms with Gasteiger partial charge in [0.05, 0.1) is 0 Å². The first kappa shape index (κ1) is 17.2. The normalized spacial score (nSPS) is 18.0. The number of amides is 1. The summed E-state index contributed by atoms with van der Waals surface area (Å²) in [4.78, 5) is 26.1. The Hall–Kier alpha value is -2.64. The lowest BCUT2D eigenvalue weighted by Crippen LogP contribution is -2.51.